The molecule has 0 spiro atoms. The number of esters is 1. The number of ether oxygens (including phenoxy) is 2. The number of hydrogen-bond donors (Lipinski definition) is 2. The molecular weight excluding hydrogens is 534 g/mol. The first-order valence-electron chi connectivity index (χ1n) is 15.0. The van der Waals surface area contributed by atoms with Crippen molar-refractivity contribution in [2.24, 2.45) is 5.92 Å². The molecule has 3 amide bonds. The minimum absolute atomic E-state index is 0.0510. The van der Waals surface area contributed by atoms with Gasteiger partial charge in [0.2, 0.25) is 17.7 Å². The number of amides is 3. The Balaban J connectivity index is 1.45. The highest BCUT2D eigenvalue weighted by atomic mass is 16.5. The number of likely N-dealkylation sites (tertiary alicyclic amines) is 1. The summed E-state index contributed by atoms with van der Waals surface area (Å²) >= 11 is 0. The molecular formula is C33H45N3O6. The van der Waals surface area contributed by atoms with E-state index >= 15 is 0 Å². The second-order valence-corrected chi connectivity index (χ2v) is 10.8. The van der Waals surface area contributed by atoms with Gasteiger partial charge in [-0.2, -0.15) is 0 Å². The van der Waals surface area contributed by atoms with Crippen molar-refractivity contribution in [2.75, 3.05) is 32.6 Å². The molecule has 1 aliphatic heterocycles. The number of nitrogens with one attached hydrogen (secondary N) is 2. The topological polar surface area (TPSA) is 114 Å². The molecule has 0 radical (unpaired) electrons. The molecule has 0 bridgehead atoms. The third-order valence-electron chi connectivity index (χ3n) is 7.71. The number of piperidine rings is 1. The Morgan fingerprint density at radius 3 is 2.07 bits per heavy atom. The molecule has 1 atom stereocenters. The van der Waals surface area contributed by atoms with Gasteiger partial charge in [0.15, 0.2) is 0 Å². The maximum Gasteiger partial charge on any atom is 0.305 e. The first-order valence-corrected chi connectivity index (χ1v) is 15.0. The predicted molar refractivity (Wildman–Crippen MR) is 162 cm³/mol. The van der Waals surface area contributed by atoms with Crippen molar-refractivity contribution in [3.63, 3.8) is 0 Å². The van der Waals surface area contributed by atoms with Crippen molar-refractivity contribution >= 4 is 29.4 Å². The molecule has 1 saturated heterocycles. The zero-order valence-electron chi connectivity index (χ0n) is 24.9. The van der Waals surface area contributed by atoms with Crippen molar-refractivity contribution < 1.29 is 28.7 Å². The van der Waals surface area contributed by atoms with E-state index in [1.807, 2.05) is 30.3 Å². The van der Waals surface area contributed by atoms with Crippen LogP contribution in [-0.2, 0) is 30.3 Å². The Labute approximate surface area is 249 Å². The van der Waals surface area contributed by atoms with Crippen LogP contribution in [0.2, 0.25) is 0 Å². The van der Waals surface area contributed by atoms with E-state index in [1.54, 1.807) is 36.3 Å². The molecule has 2 aromatic carbocycles. The highest BCUT2D eigenvalue weighted by Crippen LogP contribution is 2.22. The minimum atomic E-state index is -0.650. The molecule has 42 heavy (non-hydrogen) atoms. The van der Waals surface area contributed by atoms with Gasteiger partial charge in [-0.25, -0.2) is 0 Å². The molecule has 9 heteroatoms. The summed E-state index contributed by atoms with van der Waals surface area (Å²) in [5, 5.41) is 5.96. The molecule has 0 unspecified atom stereocenters. The van der Waals surface area contributed by atoms with Gasteiger partial charge in [-0.15, -0.1) is 0 Å². The Hall–Kier alpha value is -3.88. The lowest BCUT2D eigenvalue weighted by atomic mass is 9.94. The second kappa shape index (κ2) is 17.8. The molecule has 0 aromatic heterocycles. The lowest BCUT2D eigenvalue weighted by Gasteiger charge is -2.34. The number of anilines is 1. The lowest BCUT2D eigenvalue weighted by Crippen LogP contribution is -2.52. The summed E-state index contributed by atoms with van der Waals surface area (Å²) in [6.07, 6.45) is 7.86. The summed E-state index contributed by atoms with van der Waals surface area (Å²) in [6, 6.07) is 16.3. The largest absolute Gasteiger partial charge is 0.497 e. The lowest BCUT2D eigenvalue weighted by molar-refractivity contribution is -0.140. The minimum Gasteiger partial charge on any atom is -0.497 e. The zero-order valence-corrected chi connectivity index (χ0v) is 24.9. The fraction of sp³-hybridized carbons (Fsp3) is 0.515. The number of carbonyl (C=O) groups excluding carboxylic acids is 4. The molecule has 0 aliphatic carbocycles. The molecule has 228 valence electrons. The fourth-order valence-electron chi connectivity index (χ4n) is 5.18. The molecule has 3 rings (SSSR count). The van der Waals surface area contributed by atoms with E-state index in [2.05, 4.69) is 15.4 Å². The van der Waals surface area contributed by atoms with Crippen LogP contribution in [0.4, 0.5) is 5.69 Å². The number of unbranched alkanes of at least 4 members (excludes halogenated alkanes) is 5. The quantitative estimate of drug-likeness (QED) is 0.216. The summed E-state index contributed by atoms with van der Waals surface area (Å²) in [4.78, 5) is 52.2. The van der Waals surface area contributed by atoms with Gasteiger partial charge in [-0.1, -0.05) is 56.0 Å². The number of benzene rings is 2. The highest BCUT2D eigenvalue weighted by Gasteiger charge is 2.31. The molecule has 2 aromatic rings. The van der Waals surface area contributed by atoms with Crippen LogP contribution < -0.4 is 15.4 Å². The van der Waals surface area contributed by atoms with Crippen LogP contribution in [-0.4, -0.2) is 61.9 Å². The standard InChI is InChI=1S/C33H45N3O6/c1-41-28-18-16-27(17-19-28)34-32(39)26-20-22-36(23-21-26)33(40)29(24-25-12-8-7-9-13-25)35-30(37)14-10-5-3-4-6-11-15-31(38)42-2/h7-9,12-13,16-19,26,29H,3-6,10-11,14-15,20-24H2,1-2H3,(H,34,39)(H,35,37)/t29-/m1/s1. The highest BCUT2D eigenvalue weighted by molar-refractivity contribution is 5.93. The third kappa shape index (κ3) is 11.2. The first-order chi connectivity index (χ1) is 20.4. The van der Waals surface area contributed by atoms with Crippen LogP contribution in [0.1, 0.15) is 69.8 Å². The van der Waals surface area contributed by atoms with E-state index in [9.17, 15) is 19.2 Å². The number of hydrogen-bond acceptors (Lipinski definition) is 6. The van der Waals surface area contributed by atoms with E-state index in [-0.39, 0.29) is 29.6 Å². The summed E-state index contributed by atoms with van der Waals surface area (Å²) < 4.78 is 9.82. The van der Waals surface area contributed by atoms with E-state index in [0.29, 0.717) is 50.9 Å². The van der Waals surface area contributed by atoms with Crippen molar-refractivity contribution in [3.05, 3.63) is 60.2 Å². The fourth-order valence-corrected chi connectivity index (χ4v) is 5.18. The average Bonchev–Trinajstić information content (AvgIpc) is 3.02. The van der Waals surface area contributed by atoms with Gasteiger partial charge in [0.05, 0.1) is 14.2 Å². The van der Waals surface area contributed by atoms with Gasteiger partial charge in [0.1, 0.15) is 11.8 Å². The maximum absolute atomic E-state index is 13.6. The summed E-state index contributed by atoms with van der Waals surface area (Å²) in [6.45, 7) is 0.938. The second-order valence-electron chi connectivity index (χ2n) is 10.8. The predicted octanol–water partition coefficient (Wildman–Crippen LogP) is 4.89. The van der Waals surface area contributed by atoms with Crippen LogP contribution in [0.25, 0.3) is 0 Å². The van der Waals surface area contributed by atoms with Crippen molar-refractivity contribution in [1.82, 2.24) is 10.2 Å². The number of nitrogens with zero attached hydrogens (tertiary/aromatic N) is 1. The molecule has 9 nitrogen and oxygen atoms in total. The summed E-state index contributed by atoms with van der Waals surface area (Å²) in [5.41, 5.74) is 1.69. The summed E-state index contributed by atoms with van der Waals surface area (Å²) in [7, 11) is 3.00. The average molecular weight is 580 g/mol. The SMILES string of the molecule is COC(=O)CCCCCCCCC(=O)N[C@H](Cc1ccccc1)C(=O)N1CCC(C(=O)Nc2ccc(OC)cc2)CC1. The van der Waals surface area contributed by atoms with Crippen molar-refractivity contribution in [3.8, 4) is 5.75 Å². The first kappa shape index (κ1) is 32.6. The van der Waals surface area contributed by atoms with Gasteiger partial charge in [-0.05, 0) is 55.5 Å². The molecule has 1 heterocycles. The Kier molecular flexibility index (Phi) is 13.9. The van der Waals surface area contributed by atoms with Crippen LogP contribution >= 0.6 is 0 Å². The van der Waals surface area contributed by atoms with Crippen molar-refractivity contribution in [2.45, 2.75) is 76.7 Å². The van der Waals surface area contributed by atoms with Crippen LogP contribution in [0.15, 0.2) is 54.6 Å². The van der Waals surface area contributed by atoms with Crippen molar-refractivity contribution in [1.29, 1.82) is 0 Å². The smallest absolute Gasteiger partial charge is 0.305 e. The van der Waals surface area contributed by atoms with E-state index in [1.165, 1.54) is 7.11 Å². The molecule has 0 saturated carbocycles. The van der Waals surface area contributed by atoms with Crippen LogP contribution in [0, 0.1) is 5.92 Å². The van der Waals surface area contributed by atoms with E-state index in [0.717, 1.165) is 49.8 Å². The van der Waals surface area contributed by atoms with Crippen LogP contribution in [0.3, 0.4) is 0 Å². The number of rotatable bonds is 16. The Morgan fingerprint density at radius 1 is 0.833 bits per heavy atom. The van der Waals surface area contributed by atoms with E-state index < -0.39 is 6.04 Å². The Bertz CT molecular complexity index is 1130. The normalized spacial score (nSPS) is 14.1. The molecule has 1 aliphatic rings. The van der Waals surface area contributed by atoms with Gasteiger partial charge in [0, 0.05) is 44.0 Å². The van der Waals surface area contributed by atoms with Gasteiger partial charge < -0.3 is 25.0 Å². The van der Waals surface area contributed by atoms with E-state index in [4.69, 9.17) is 4.74 Å². The van der Waals surface area contributed by atoms with Gasteiger partial charge >= 0.3 is 5.97 Å². The summed E-state index contributed by atoms with van der Waals surface area (Å²) in [5.74, 6) is 0.0890. The third-order valence-corrected chi connectivity index (χ3v) is 7.71. The molecule has 1 fully saturated rings. The van der Waals surface area contributed by atoms with Gasteiger partial charge in [-0.3, -0.25) is 19.2 Å². The zero-order chi connectivity index (χ0) is 30.2. The number of methoxy groups -OCH3 is 2. The Morgan fingerprint density at radius 2 is 1.45 bits per heavy atom. The molecule has 2 N–H and O–H groups in total. The monoisotopic (exact) mass is 579 g/mol. The maximum atomic E-state index is 13.6. The van der Waals surface area contributed by atoms with Crippen LogP contribution in [0.5, 0.6) is 5.75 Å². The van der Waals surface area contributed by atoms with Gasteiger partial charge in [0.25, 0.3) is 0 Å². The number of carbonyl (C=O) groups is 4.